The summed E-state index contributed by atoms with van der Waals surface area (Å²) in [5.41, 5.74) is 0.837. The van der Waals surface area contributed by atoms with Crippen LogP contribution in [-0.4, -0.2) is 25.6 Å². The number of benzene rings is 1. The summed E-state index contributed by atoms with van der Waals surface area (Å²) in [5, 5.41) is 2.63. The molecule has 0 saturated carbocycles. The van der Waals surface area contributed by atoms with Crippen LogP contribution in [0.15, 0.2) is 53.7 Å². The number of nitrogens with one attached hydrogen (secondary N) is 1. The Labute approximate surface area is 123 Å². The minimum Gasteiger partial charge on any atom is -0.322 e. The second kappa shape index (κ2) is 6.49. The normalized spacial score (nSPS) is 10.4. The molecule has 0 bridgehead atoms. The third-order valence-corrected chi connectivity index (χ3v) is 3.55. The third kappa shape index (κ3) is 4.04. The molecule has 20 heavy (non-hydrogen) atoms. The Morgan fingerprint density at radius 3 is 2.55 bits per heavy atom. The molecule has 0 spiro atoms. The zero-order chi connectivity index (χ0) is 13.9. The standard InChI is InChI=1S/C13H12N2O3S.ClH/c1-19(17,18)12-6-2-5-11(8-12)15-13(16)10-4-3-7-14-9-10;/h2-9H,1H3,(H,15,16);1H. The van der Waals surface area contributed by atoms with E-state index in [1.165, 1.54) is 18.3 Å². The predicted octanol–water partition coefficient (Wildman–Crippen LogP) is 2.16. The average Bonchev–Trinajstić information content (AvgIpc) is 2.39. The number of sulfone groups is 1. The van der Waals surface area contributed by atoms with Crippen molar-refractivity contribution in [1.82, 2.24) is 4.98 Å². The number of halogens is 1. The number of anilines is 1. The van der Waals surface area contributed by atoms with Crippen LogP contribution in [0.1, 0.15) is 10.4 Å². The van der Waals surface area contributed by atoms with Crippen molar-refractivity contribution in [3.8, 4) is 0 Å². The Hall–Kier alpha value is -1.92. The largest absolute Gasteiger partial charge is 0.322 e. The summed E-state index contributed by atoms with van der Waals surface area (Å²) < 4.78 is 22.8. The third-order valence-electron chi connectivity index (χ3n) is 2.44. The van der Waals surface area contributed by atoms with Crippen molar-refractivity contribution in [3.05, 3.63) is 54.4 Å². The van der Waals surface area contributed by atoms with Crippen molar-refractivity contribution in [1.29, 1.82) is 0 Å². The van der Waals surface area contributed by atoms with Gasteiger partial charge in [-0.3, -0.25) is 9.78 Å². The first-order valence-electron chi connectivity index (χ1n) is 5.48. The van der Waals surface area contributed by atoms with E-state index in [9.17, 15) is 13.2 Å². The maximum atomic E-state index is 11.9. The van der Waals surface area contributed by atoms with Crippen molar-refractivity contribution < 1.29 is 13.2 Å². The van der Waals surface area contributed by atoms with Crippen LogP contribution >= 0.6 is 12.4 Å². The maximum Gasteiger partial charge on any atom is 0.257 e. The Kier molecular flexibility index (Phi) is 5.24. The predicted molar refractivity (Wildman–Crippen MR) is 79.0 cm³/mol. The molecule has 106 valence electrons. The summed E-state index contributed by atoms with van der Waals surface area (Å²) in [4.78, 5) is 15.9. The van der Waals surface area contributed by atoms with Crippen molar-refractivity contribution >= 4 is 33.8 Å². The molecule has 0 aliphatic carbocycles. The van der Waals surface area contributed by atoms with Crippen LogP contribution in [0.5, 0.6) is 0 Å². The number of hydrogen-bond acceptors (Lipinski definition) is 4. The molecular formula is C13H13ClN2O3S. The fourth-order valence-corrected chi connectivity index (χ4v) is 2.17. The fraction of sp³-hybridized carbons (Fsp3) is 0.0769. The van der Waals surface area contributed by atoms with Gasteiger partial charge >= 0.3 is 0 Å². The van der Waals surface area contributed by atoms with Gasteiger partial charge in [-0.05, 0) is 30.3 Å². The van der Waals surface area contributed by atoms with Gasteiger partial charge in [-0.2, -0.15) is 0 Å². The molecule has 1 amide bonds. The molecule has 0 aliphatic heterocycles. The minimum absolute atomic E-state index is 0. The number of carbonyl (C=O) groups is 1. The maximum absolute atomic E-state index is 11.9. The molecule has 0 aliphatic rings. The van der Waals surface area contributed by atoms with E-state index >= 15 is 0 Å². The lowest BCUT2D eigenvalue weighted by Gasteiger charge is -2.06. The molecule has 5 nitrogen and oxygen atoms in total. The molecular weight excluding hydrogens is 300 g/mol. The first kappa shape index (κ1) is 16.1. The highest BCUT2D eigenvalue weighted by atomic mass is 35.5. The molecule has 0 unspecified atom stereocenters. The molecule has 1 N–H and O–H groups in total. The first-order chi connectivity index (χ1) is 8.97. The molecule has 0 saturated heterocycles. The lowest BCUT2D eigenvalue weighted by atomic mass is 10.2. The van der Waals surface area contributed by atoms with E-state index in [1.807, 2.05) is 0 Å². The van der Waals surface area contributed by atoms with Gasteiger partial charge in [0.25, 0.3) is 5.91 Å². The van der Waals surface area contributed by atoms with E-state index in [-0.39, 0.29) is 23.2 Å². The quantitative estimate of drug-likeness (QED) is 0.942. The van der Waals surface area contributed by atoms with Crippen LogP contribution in [-0.2, 0) is 9.84 Å². The van der Waals surface area contributed by atoms with Gasteiger partial charge in [0.15, 0.2) is 9.84 Å². The van der Waals surface area contributed by atoms with Gasteiger partial charge in [-0.25, -0.2) is 8.42 Å². The number of nitrogens with zero attached hydrogens (tertiary/aromatic N) is 1. The van der Waals surface area contributed by atoms with Gasteiger partial charge in [0, 0.05) is 24.3 Å². The Bertz CT molecular complexity index is 703. The van der Waals surface area contributed by atoms with Gasteiger partial charge in [0.05, 0.1) is 10.5 Å². The van der Waals surface area contributed by atoms with Gasteiger partial charge in [-0.15, -0.1) is 12.4 Å². The molecule has 2 aromatic rings. The molecule has 0 atom stereocenters. The zero-order valence-corrected chi connectivity index (χ0v) is 12.2. The van der Waals surface area contributed by atoms with Crippen molar-refractivity contribution in [2.24, 2.45) is 0 Å². The SMILES string of the molecule is CS(=O)(=O)c1cccc(NC(=O)c2cccnc2)c1.Cl. The van der Waals surface area contributed by atoms with E-state index in [0.29, 0.717) is 11.3 Å². The minimum atomic E-state index is -3.29. The van der Waals surface area contributed by atoms with Gasteiger partial charge < -0.3 is 5.32 Å². The van der Waals surface area contributed by atoms with Crippen LogP contribution in [0.2, 0.25) is 0 Å². The van der Waals surface area contributed by atoms with Crippen LogP contribution < -0.4 is 5.32 Å². The van der Waals surface area contributed by atoms with Gasteiger partial charge in [0.2, 0.25) is 0 Å². The fourth-order valence-electron chi connectivity index (χ4n) is 1.50. The summed E-state index contributed by atoms with van der Waals surface area (Å²) in [7, 11) is -3.29. The lowest BCUT2D eigenvalue weighted by Crippen LogP contribution is -2.12. The zero-order valence-electron chi connectivity index (χ0n) is 10.6. The average molecular weight is 313 g/mol. The Balaban J connectivity index is 0.00000200. The van der Waals surface area contributed by atoms with E-state index in [4.69, 9.17) is 0 Å². The van der Waals surface area contributed by atoms with Crippen molar-refractivity contribution in [3.63, 3.8) is 0 Å². The number of hydrogen-bond donors (Lipinski definition) is 1. The van der Waals surface area contributed by atoms with Crippen LogP contribution in [0.3, 0.4) is 0 Å². The molecule has 7 heteroatoms. The van der Waals surface area contributed by atoms with E-state index in [2.05, 4.69) is 10.3 Å². The van der Waals surface area contributed by atoms with Crippen molar-refractivity contribution in [2.75, 3.05) is 11.6 Å². The molecule has 1 aromatic heterocycles. The summed E-state index contributed by atoms with van der Waals surface area (Å²) in [5.74, 6) is -0.334. The summed E-state index contributed by atoms with van der Waals surface area (Å²) in [6.45, 7) is 0. The molecule has 0 radical (unpaired) electrons. The molecule has 1 heterocycles. The first-order valence-corrected chi connectivity index (χ1v) is 7.37. The number of aromatic nitrogens is 1. The van der Waals surface area contributed by atoms with E-state index in [1.54, 1.807) is 30.5 Å². The highest BCUT2D eigenvalue weighted by Gasteiger charge is 2.10. The summed E-state index contributed by atoms with van der Waals surface area (Å²) in [6, 6.07) is 9.39. The highest BCUT2D eigenvalue weighted by molar-refractivity contribution is 7.90. The van der Waals surface area contributed by atoms with E-state index < -0.39 is 9.84 Å². The van der Waals surface area contributed by atoms with E-state index in [0.717, 1.165) is 6.26 Å². The summed E-state index contributed by atoms with van der Waals surface area (Å²) >= 11 is 0. The Morgan fingerprint density at radius 1 is 1.20 bits per heavy atom. The number of amides is 1. The van der Waals surface area contributed by atoms with Crippen molar-refractivity contribution in [2.45, 2.75) is 4.90 Å². The Morgan fingerprint density at radius 2 is 1.95 bits per heavy atom. The van der Waals surface area contributed by atoms with Crippen LogP contribution in [0.4, 0.5) is 5.69 Å². The number of rotatable bonds is 3. The summed E-state index contributed by atoms with van der Waals surface area (Å²) in [6.07, 6.45) is 4.13. The lowest BCUT2D eigenvalue weighted by molar-refractivity contribution is 0.102. The monoisotopic (exact) mass is 312 g/mol. The van der Waals surface area contributed by atoms with Gasteiger partial charge in [-0.1, -0.05) is 6.07 Å². The van der Waals surface area contributed by atoms with Crippen LogP contribution in [0.25, 0.3) is 0 Å². The highest BCUT2D eigenvalue weighted by Crippen LogP contribution is 2.16. The topological polar surface area (TPSA) is 76.1 Å². The van der Waals surface area contributed by atoms with Gasteiger partial charge in [0.1, 0.15) is 0 Å². The number of carbonyl (C=O) groups excluding carboxylic acids is 1. The second-order valence-electron chi connectivity index (χ2n) is 4.00. The van der Waals surface area contributed by atoms with Crippen LogP contribution in [0, 0.1) is 0 Å². The molecule has 0 fully saturated rings. The molecule has 2 rings (SSSR count). The second-order valence-corrected chi connectivity index (χ2v) is 6.01. The number of pyridine rings is 1. The smallest absolute Gasteiger partial charge is 0.257 e. The molecule has 1 aromatic carbocycles.